The lowest BCUT2D eigenvalue weighted by atomic mass is 10.1. The third-order valence-corrected chi connectivity index (χ3v) is 3.13. The minimum Gasteiger partial charge on any atom is -0.348 e. The lowest BCUT2D eigenvalue weighted by Crippen LogP contribution is -2.19. The van der Waals surface area contributed by atoms with E-state index in [1.165, 1.54) is 6.07 Å². The Hall–Kier alpha value is -0.590. The van der Waals surface area contributed by atoms with Crippen LogP contribution < -0.4 is 0 Å². The van der Waals surface area contributed by atoms with Gasteiger partial charge in [0.05, 0.1) is 18.8 Å². The van der Waals surface area contributed by atoms with E-state index in [0.717, 1.165) is 18.6 Å². The smallest absolute Gasteiger partial charge is 0.348 e. The molecule has 0 N–H and O–H groups in total. The van der Waals surface area contributed by atoms with Crippen LogP contribution in [0.5, 0.6) is 0 Å². The Bertz CT molecular complexity index is 400. The molecule has 1 aliphatic heterocycles. The summed E-state index contributed by atoms with van der Waals surface area (Å²) in [4.78, 5) is 0. The highest BCUT2D eigenvalue weighted by Crippen LogP contribution is 2.35. The number of alkyl halides is 3. The lowest BCUT2D eigenvalue weighted by Gasteiger charge is -2.25. The van der Waals surface area contributed by atoms with Crippen LogP contribution in [-0.4, -0.2) is 13.2 Å². The van der Waals surface area contributed by atoms with E-state index in [9.17, 15) is 13.2 Å². The van der Waals surface area contributed by atoms with E-state index in [-0.39, 0.29) is 0 Å². The van der Waals surface area contributed by atoms with Crippen molar-refractivity contribution in [3.63, 3.8) is 0 Å². The number of halogens is 4. The van der Waals surface area contributed by atoms with Crippen molar-refractivity contribution in [2.45, 2.75) is 18.9 Å². The normalized spacial score (nSPS) is 18.4. The van der Waals surface area contributed by atoms with Gasteiger partial charge in [0.15, 0.2) is 6.29 Å². The van der Waals surface area contributed by atoms with E-state index < -0.39 is 18.0 Å². The molecule has 0 unspecified atom stereocenters. The molecule has 0 saturated carbocycles. The Balaban J connectivity index is 2.31. The van der Waals surface area contributed by atoms with Gasteiger partial charge in [0.2, 0.25) is 0 Å². The van der Waals surface area contributed by atoms with Crippen LogP contribution in [0.2, 0.25) is 0 Å². The first-order valence-corrected chi connectivity index (χ1v) is 5.87. The van der Waals surface area contributed by atoms with E-state index in [4.69, 9.17) is 9.47 Å². The molecule has 0 radical (unpaired) electrons. The van der Waals surface area contributed by atoms with Crippen molar-refractivity contribution in [3.05, 3.63) is 33.8 Å². The Morgan fingerprint density at radius 1 is 1.18 bits per heavy atom. The van der Waals surface area contributed by atoms with Crippen molar-refractivity contribution in [1.82, 2.24) is 0 Å². The fourth-order valence-electron chi connectivity index (χ4n) is 1.57. The molecule has 1 fully saturated rings. The van der Waals surface area contributed by atoms with Gasteiger partial charge >= 0.3 is 6.18 Å². The fourth-order valence-corrected chi connectivity index (χ4v) is 2.00. The van der Waals surface area contributed by atoms with Crippen LogP contribution in [0.3, 0.4) is 0 Å². The monoisotopic (exact) mass is 310 g/mol. The molecule has 0 bridgehead atoms. The Kier molecular flexibility index (Phi) is 3.75. The second kappa shape index (κ2) is 4.96. The predicted octanol–water partition coefficient (Wildman–Crippen LogP) is 3.90. The molecule has 1 heterocycles. The Morgan fingerprint density at radius 3 is 2.41 bits per heavy atom. The largest absolute Gasteiger partial charge is 0.416 e. The average molecular weight is 311 g/mol. The molecule has 0 aliphatic carbocycles. The summed E-state index contributed by atoms with van der Waals surface area (Å²) in [6.45, 7) is 0.987. The summed E-state index contributed by atoms with van der Waals surface area (Å²) >= 11 is 3.21. The Labute approximate surface area is 105 Å². The molecule has 2 rings (SSSR count). The van der Waals surface area contributed by atoms with Gasteiger partial charge in [0.25, 0.3) is 0 Å². The van der Waals surface area contributed by atoms with E-state index in [1.807, 2.05) is 0 Å². The zero-order valence-corrected chi connectivity index (χ0v) is 10.3. The van der Waals surface area contributed by atoms with Gasteiger partial charge in [-0.3, -0.25) is 0 Å². The van der Waals surface area contributed by atoms with E-state index in [0.29, 0.717) is 23.2 Å². The first-order valence-electron chi connectivity index (χ1n) is 5.08. The minimum absolute atomic E-state index is 0.375. The van der Waals surface area contributed by atoms with Gasteiger partial charge in [-0.05, 0) is 24.6 Å². The van der Waals surface area contributed by atoms with Crippen LogP contribution in [0.25, 0.3) is 0 Å². The quantitative estimate of drug-likeness (QED) is 0.783. The molecular formula is C11H10BrF3O2. The SMILES string of the molecule is FC(F)(F)c1ccc(Br)c(C2OCCCO2)c1. The van der Waals surface area contributed by atoms with E-state index in [1.54, 1.807) is 0 Å². The highest BCUT2D eigenvalue weighted by Gasteiger charge is 2.32. The first kappa shape index (κ1) is 12.9. The Morgan fingerprint density at radius 2 is 1.82 bits per heavy atom. The van der Waals surface area contributed by atoms with Crippen LogP contribution in [0.15, 0.2) is 22.7 Å². The molecule has 0 aromatic heterocycles. The van der Waals surface area contributed by atoms with Crippen LogP contribution in [0.4, 0.5) is 13.2 Å². The van der Waals surface area contributed by atoms with Gasteiger partial charge in [0, 0.05) is 10.0 Å². The van der Waals surface area contributed by atoms with Crippen LogP contribution >= 0.6 is 15.9 Å². The maximum atomic E-state index is 12.6. The fraction of sp³-hybridized carbons (Fsp3) is 0.455. The van der Waals surface area contributed by atoms with Crippen molar-refractivity contribution in [1.29, 1.82) is 0 Å². The number of benzene rings is 1. The standard InChI is InChI=1S/C11H10BrF3O2/c12-9-3-2-7(11(13,14)15)6-8(9)10-16-4-1-5-17-10/h2-3,6,10H,1,4-5H2. The number of ether oxygens (including phenoxy) is 2. The van der Waals surface area contributed by atoms with Crippen LogP contribution in [0.1, 0.15) is 23.8 Å². The highest BCUT2D eigenvalue weighted by molar-refractivity contribution is 9.10. The van der Waals surface area contributed by atoms with Gasteiger partial charge < -0.3 is 9.47 Å². The summed E-state index contributed by atoms with van der Waals surface area (Å²) in [6, 6.07) is 3.44. The number of rotatable bonds is 1. The van der Waals surface area contributed by atoms with Crippen molar-refractivity contribution >= 4 is 15.9 Å². The number of hydrogen-bond donors (Lipinski definition) is 0. The minimum atomic E-state index is -4.36. The highest BCUT2D eigenvalue weighted by atomic mass is 79.9. The van der Waals surface area contributed by atoms with Gasteiger partial charge in [-0.25, -0.2) is 0 Å². The summed E-state index contributed by atoms with van der Waals surface area (Å²) in [5.74, 6) is 0. The van der Waals surface area contributed by atoms with E-state index >= 15 is 0 Å². The topological polar surface area (TPSA) is 18.5 Å². The molecule has 1 aromatic rings. The van der Waals surface area contributed by atoms with Crippen molar-refractivity contribution in [3.8, 4) is 0 Å². The van der Waals surface area contributed by atoms with Gasteiger partial charge in [0.1, 0.15) is 0 Å². The summed E-state index contributed by atoms with van der Waals surface area (Å²) in [5.41, 5.74) is -0.326. The molecule has 1 aromatic carbocycles. The first-order chi connectivity index (χ1) is 7.98. The maximum Gasteiger partial charge on any atom is 0.416 e. The van der Waals surface area contributed by atoms with Crippen molar-refractivity contribution in [2.24, 2.45) is 0 Å². The van der Waals surface area contributed by atoms with E-state index in [2.05, 4.69) is 15.9 Å². The molecule has 0 atom stereocenters. The molecular weight excluding hydrogens is 301 g/mol. The van der Waals surface area contributed by atoms with Gasteiger partial charge in [-0.15, -0.1) is 0 Å². The summed E-state index contributed by atoms with van der Waals surface area (Å²) in [7, 11) is 0. The second-order valence-electron chi connectivity index (χ2n) is 3.66. The van der Waals surface area contributed by atoms with Gasteiger partial charge in [-0.2, -0.15) is 13.2 Å². The lowest BCUT2D eigenvalue weighted by molar-refractivity contribution is -0.183. The zero-order valence-electron chi connectivity index (χ0n) is 8.76. The molecule has 0 spiro atoms. The molecule has 94 valence electrons. The zero-order chi connectivity index (χ0) is 12.5. The molecule has 0 amide bonds. The van der Waals surface area contributed by atoms with Crippen LogP contribution in [0, 0.1) is 0 Å². The van der Waals surface area contributed by atoms with Crippen molar-refractivity contribution in [2.75, 3.05) is 13.2 Å². The molecule has 17 heavy (non-hydrogen) atoms. The second-order valence-corrected chi connectivity index (χ2v) is 4.52. The molecule has 1 saturated heterocycles. The summed E-state index contributed by atoms with van der Waals surface area (Å²) in [6.07, 6.45) is -4.32. The average Bonchev–Trinajstić information content (AvgIpc) is 2.29. The molecule has 1 aliphatic rings. The molecule has 6 heteroatoms. The predicted molar refractivity (Wildman–Crippen MR) is 58.4 cm³/mol. The summed E-state index contributed by atoms with van der Waals surface area (Å²) < 4.78 is 48.8. The molecule has 2 nitrogen and oxygen atoms in total. The van der Waals surface area contributed by atoms with Crippen molar-refractivity contribution < 1.29 is 22.6 Å². The number of hydrogen-bond acceptors (Lipinski definition) is 2. The third-order valence-electron chi connectivity index (χ3n) is 2.40. The maximum absolute atomic E-state index is 12.6. The third kappa shape index (κ3) is 3.00. The van der Waals surface area contributed by atoms with Gasteiger partial charge in [-0.1, -0.05) is 15.9 Å². The summed E-state index contributed by atoms with van der Waals surface area (Å²) in [5, 5.41) is 0. The van der Waals surface area contributed by atoms with Crippen LogP contribution in [-0.2, 0) is 15.7 Å².